The third-order valence-corrected chi connectivity index (χ3v) is 2.50. The van der Waals surface area contributed by atoms with Gasteiger partial charge in [0.05, 0.1) is 22.3 Å². The van der Waals surface area contributed by atoms with Crippen molar-refractivity contribution in [2.24, 2.45) is 5.16 Å². The highest BCUT2D eigenvalue weighted by Crippen LogP contribution is 2.25. The van der Waals surface area contributed by atoms with E-state index in [4.69, 9.17) is 11.6 Å². The number of benzene rings is 1. The zero-order chi connectivity index (χ0) is 11.7. The summed E-state index contributed by atoms with van der Waals surface area (Å²) in [5.41, 5.74) is 0.255. The van der Waals surface area contributed by atoms with Gasteiger partial charge in [-0.05, 0) is 12.1 Å². The summed E-state index contributed by atoms with van der Waals surface area (Å²) < 4.78 is 13.4. The number of hydrogen-bond donors (Lipinski definition) is 0. The van der Waals surface area contributed by atoms with Crippen LogP contribution in [-0.4, -0.2) is 17.8 Å². The highest BCUT2D eigenvalue weighted by molar-refractivity contribution is 6.34. The fourth-order valence-corrected chi connectivity index (χ4v) is 1.70. The van der Waals surface area contributed by atoms with Crippen molar-refractivity contribution in [3.8, 4) is 0 Å². The first-order valence-corrected chi connectivity index (χ1v) is 4.85. The Morgan fingerprint density at radius 1 is 1.62 bits per heavy atom. The summed E-state index contributed by atoms with van der Waals surface area (Å²) in [5, 5.41) is 14.2. The maximum atomic E-state index is 13.4. The van der Waals surface area contributed by atoms with Crippen LogP contribution in [-0.2, 0) is 9.63 Å². The molecule has 4 nitrogen and oxygen atoms in total. The molecule has 0 aliphatic carbocycles. The fourth-order valence-electron chi connectivity index (χ4n) is 1.42. The van der Waals surface area contributed by atoms with E-state index in [9.17, 15) is 14.3 Å². The quantitative estimate of drug-likeness (QED) is 0.768. The number of rotatable bonds is 2. The molecule has 0 aromatic heterocycles. The van der Waals surface area contributed by atoms with E-state index in [0.29, 0.717) is 0 Å². The van der Waals surface area contributed by atoms with Gasteiger partial charge in [-0.15, -0.1) is 0 Å². The SMILES string of the molecule is O=C([O-])[C@@H]1CC(c2c(F)cccc2Cl)=NO1. The lowest BCUT2D eigenvalue weighted by Gasteiger charge is -2.08. The molecule has 0 saturated heterocycles. The van der Waals surface area contributed by atoms with Crippen LogP contribution in [0.5, 0.6) is 0 Å². The Balaban J connectivity index is 2.31. The summed E-state index contributed by atoms with van der Waals surface area (Å²) in [5.74, 6) is -1.94. The number of carbonyl (C=O) groups is 1. The van der Waals surface area contributed by atoms with E-state index in [0.717, 1.165) is 0 Å². The van der Waals surface area contributed by atoms with Gasteiger partial charge in [-0.2, -0.15) is 0 Å². The smallest absolute Gasteiger partial charge is 0.172 e. The van der Waals surface area contributed by atoms with Gasteiger partial charge in [-0.25, -0.2) is 4.39 Å². The average Bonchev–Trinajstić information content (AvgIpc) is 2.66. The number of carboxylic acid groups (broad SMARTS) is 1. The Bertz CT molecular complexity index is 455. The molecule has 1 heterocycles. The monoisotopic (exact) mass is 242 g/mol. The second-order valence-electron chi connectivity index (χ2n) is 3.25. The molecular weight excluding hydrogens is 237 g/mol. The fraction of sp³-hybridized carbons (Fsp3) is 0.200. The van der Waals surface area contributed by atoms with Crippen molar-refractivity contribution in [1.29, 1.82) is 0 Å². The van der Waals surface area contributed by atoms with E-state index in [-0.39, 0.29) is 22.7 Å². The molecule has 1 atom stereocenters. The van der Waals surface area contributed by atoms with Gasteiger partial charge in [0.2, 0.25) is 0 Å². The van der Waals surface area contributed by atoms with Crippen LogP contribution in [0.25, 0.3) is 0 Å². The predicted molar refractivity (Wildman–Crippen MR) is 52.4 cm³/mol. The summed E-state index contributed by atoms with van der Waals surface area (Å²) in [6.45, 7) is 0. The first-order valence-electron chi connectivity index (χ1n) is 4.47. The van der Waals surface area contributed by atoms with Crippen molar-refractivity contribution in [2.45, 2.75) is 12.5 Å². The van der Waals surface area contributed by atoms with Gasteiger partial charge in [-0.3, -0.25) is 0 Å². The summed E-state index contributed by atoms with van der Waals surface area (Å²) in [6.07, 6.45) is -1.23. The molecule has 0 unspecified atom stereocenters. The van der Waals surface area contributed by atoms with Crippen LogP contribution >= 0.6 is 11.6 Å². The molecule has 2 rings (SSSR count). The third-order valence-electron chi connectivity index (χ3n) is 2.18. The molecule has 0 bridgehead atoms. The highest BCUT2D eigenvalue weighted by atomic mass is 35.5. The lowest BCUT2D eigenvalue weighted by Crippen LogP contribution is -2.35. The second kappa shape index (κ2) is 4.09. The number of carboxylic acids is 1. The topological polar surface area (TPSA) is 61.7 Å². The maximum absolute atomic E-state index is 13.4. The summed E-state index contributed by atoms with van der Waals surface area (Å²) in [4.78, 5) is 15.1. The standard InChI is InChI=1S/C10H7ClFNO3/c11-5-2-1-3-6(12)9(5)7-4-8(10(14)15)16-13-7/h1-3,8H,4H2,(H,14,15)/p-1/t8-/m0/s1. The van der Waals surface area contributed by atoms with Crippen LogP contribution < -0.4 is 5.11 Å². The largest absolute Gasteiger partial charge is 0.546 e. The molecular formula is C10H6ClFNO3-. The zero-order valence-electron chi connectivity index (χ0n) is 7.94. The van der Waals surface area contributed by atoms with E-state index in [1.807, 2.05) is 0 Å². The number of oxime groups is 1. The van der Waals surface area contributed by atoms with Gasteiger partial charge >= 0.3 is 0 Å². The van der Waals surface area contributed by atoms with Crippen molar-refractivity contribution in [2.75, 3.05) is 0 Å². The number of aliphatic carboxylic acids is 1. The van der Waals surface area contributed by atoms with Crippen molar-refractivity contribution in [3.63, 3.8) is 0 Å². The molecule has 0 amide bonds. The molecule has 0 saturated carbocycles. The van der Waals surface area contributed by atoms with Gasteiger partial charge in [0.25, 0.3) is 0 Å². The Hall–Kier alpha value is -1.62. The van der Waals surface area contributed by atoms with Crippen LogP contribution in [0.2, 0.25) is 5.02 Å². The van der Waals surface area contributed by atoms with E-state index < -0.39 is 17.9 Å². The molecule has 0 fully saturated rings. The molecule has 1 aliphatic rings. The van der Waals surface area contributed by atoms with Crippen LogP contribution in [0.1, 0.15) is 12.0 Å². The Kier molecular flexibility index (Phi) is 2.78. The van der Waals surface area contributed by atoms with E-state index in [1.165, 1.54) is 18.2 Å². The van der Waals surface area contributed by atoms with Gasteiger partial charge in [-0.1, -0.05) is 22.8 Å². The lowest BCUT2D eigenvalue weighted by molar-refractivity contribution is -0.315. The minimum absolute atomic E-state index is 0.0526. The van der Waals surface area contributed by atoms with Crippen LogP contribution in [0.15, 0.2) is 23.4 Å². The minimum Gasteiger partial charge on any atom is -0.546 e. The summed E-state index contributed by atoms with van der Waals surface area (Å²) in [7, 11) is 0. The van der Waals surface area contributed by atoms with Gasteiger partial charge < -0.3 is 14.7 Å². The Morgan fingerprint density at radius 3 is 2.94 bits per heavy atom. The summed E-state index contributed by atoms with van der Waals surface area (Å²) in [6, 6.07) is 4.17. The number of halogens is 2. The second-order valence-corrected chi connectivity index (χ2v) is 3.66. The molecule has 1 aromatic rings. The molecule has 0 N–H and O–H groups in total. The summed E-state index contributed by atoms with van der Waals surface area (Å²) >= 11 is 5.80. The highest BCUT2D eigenvalue weighted by Gasteiger charge is 2.26. The van der Waals surface area contributed by atoms with Crippen molar-refractivity contribution in [3.05, 3.63) is 34.6 Å². The van der Waals surface area contributed by atoms with E-state index in [2.05, 4.69) is 9.99 Å². The molecule has 6 heteroatoms. The Morgan fingerprint density at radius 2 is 2.38 bits per heavy atom. The molecule has 0 radical (unpaired) electrons. The van der Waals surface area contributed by atoms with Crippen LogP contribution in [0.3, 0.4) is 0 Å². The van der Waals surface area contributed by atoms with Crippen LogP contribution in [0.4, 0.5) is 4.39 Å². The van der Waals surface area contributed by atoms with E-state index in [1.54, 1.807) is 0 Å². The first kappa shape index (κ1) is 10.9. The van der Waals surface area contributed by atoms with Crippen LogP contribution in [0, 0.1) is 5.82 Å². The van der Waals surface area contributed by atoms with E-state index >= 15 is 0 Å². The van der Waals surface area contributed by atoms with Gasteiger partial charge in [0.15, 0.2) is 6.10 Å². The molecule has 1 aliphatic heterocycles. The lowest BCUT2D eigenvalue weighted by atomic mass is 10.0. The zero-order valence-corrected chi connectivity index (χ0v) is 8.70. The molecule has 16 heavy (non-hydrogen) atoms. The average molecular weight is 243 g/mol. The number of carbonyl (C=O) groups excluding carboxylic acids is 1. The third kappa shape index (κ3) is 1.86. The minimum atomic E-state index is -1.38. The van der Waals surface area contributed by atoms with Gasteiger partial charge in [0, 0.05) is 6.42 Å². The number of nitrogens with zero attached hydrogens (tertiary/aromatic N) is 1. The Labute approximate surface area is 95.3 Å². The number of hydrogen-bond acceptors (Lipinski definition) is 4. The molecule has 1 aromatic carbocycles. The maximum Gasteiger partial charge on any atom is 0.172 e. The van der Waals surface area contributed by atoms with Crippen molar-refractivity contribution in [1.82, 2.24) is 0 Å². The van der Waals surface area contributed by atoms with Crippen molar-refractivity contribution < 1.29 is 19.1 Å². The molecule has 84 valence electrons. The molecule has 0 spiro atoms. The normalized spacial score (nSPS) is 19.1. The van der Waals surface area contributed by atoms with Gasteiger partial charge in [0.1, 0.15) is 5.82 Å². The predicted octanol–water partition coefficient (Wildman–Crippen LogP) is 0.722. The van der Waals surface area contributed by atoms with Crippen molar-refractivity contribution >= 4 is 23.3 Å². The first-order chi connectivity index (χ1) is 7.59.